The number of amides is 1. The molecular formula is C20H27FN4O. The summed E-state index contributed by atoms with van der Waals surface area (Å²) < 4.78 is 13.0. The van der Waals surface area contributed by atoms with Gasteiger partial charge in [-0.15, -0.1) is 0 Å². The topological polar surface area (TPSA) is 57.3 Å². The maximum Gasteiger partial charge on any atom is 0.224 e. The molecule has 2 N–H and O–H groups in total. The molecule has 0 bridgehead atoms. The molecule has 0 aliphatic rings. The highest BCUT2D eigenvalue weighted by Crippen LogP contribution is 2.26. The maximum atomic E-state index is 13.0. The summed E-state index contributed by atoms with van der Waals surface area (Å²) in [4.78, 5) is 18.7. The van der Waals surface area contributed by atoms with Gasteiger partial charge in [-0.1, -0.05) is 32.9 Å². The number of carbonyl (C=O) groups excluding carboxylic acids is 1. The van der Waals surface area contributed by atoms with Crippen LogP contribution in [0.5, 0.6) is 0 Å². The Morgan fingerprint density at radius 1 is 1.12 bits per heavy atom. The van der Waals surface area contributed by atoms with Gasteiger partial charge in [0.15, 0.2) is 5.82 Å². The number of hydrogen-bond acceptors (Lipinski definition) is 4. The molecular weight excluding hydrogens is 331 g/mol. The number of nitrogens with zero attached hydrogens (tertiary/aromatic N) is 2. The van der Waals surface area contributed by atoms with Gasteiger partial charge in [0.25, 0.3) is 0 Å². The lowest BCUT2D eigenvalue weighted by atomic mass is 9.92. The summed E-state index contributed by atoms with van der Waals surface area (Å²) in [6.45, 7) is 6.62. The van der Waals surface area contributed by atoms with Crippen molar-refractivity contribution in [3.63, 3.8) is 0 Å². The van der Waals surface area contributed by atoms with E-state index >= 15 is 0 Å². The Morgan fingerprint density at radius 2 is 1.77 bits per heavy atom. The molecule has 2 rings (SSSR count). The molecule has 2 aromatic rings. The quantitative estimate of drug-likeness (QED) is 0.809. The van der Waals surface area contributed by atoms with E-state index in [1.54, 1.807) is 12.1 Å². The zero-order chi connectivity index (χ0) is 19.3. The summed E-state index contributed by atoms with van der Waals surface area (Å²) in [7, 11) is 3.76. The molecule has 0 radical (unpaired) electrons. The zero-order valence-electron chi connectivity index (χ0n) is 16.1. The number of rotatable bonds is 6. The number of nitrogens with one attached hydrogen (secondary N) is 2. The minimum Gasteiger partial charge on any atom is -0.366 e. The second-order valence-corrected chi connectivity index (χ2v) is 7.73. The molecule has 0 saturated heterocycles. The van der Waals surface area contributed by atoms with Crippen LogP contribution in [0.15, 0.2) is 36.4 Å². The highest BCUT2D eigenvalue weighted by Gasteiger charge is 2.18. The van der Waals surface area contributed by atoms with Crippen molar-refractivity contribution in [1.82, 2.24) is 4.98 Å². The van der Waals surface area contributed by atoms with Crippen molar-refractivity contribution in [1.29, 1.82) is 0 Å². The van der Waals surface area contributed by atoms with Crippen LogP contribution in [0.1, 0.15) is 32.8 Å². The number of pyridine rings is 1. The molecule has 0 saturated carbocycles. The van der Waals surface area contributed by atoms with Gasteiger partial charge in [-0.3, -0.25) is 4.79 Å². The monoisotopic (exact) mass is 358 g/mol. The van der Waals surface area contributed by atoms with Crippen molar-refractivity contribution in [2.75, 3.05) is 29.6 Å². The third kappa shape index (κ3) is 6.02. The fourth-order valence-corrected chi connectivity index (χ4v) is 2.46. The van der Waals surface area contributed by atoms with Crippen molar-refractivity contribution in [2.45, 2.75) is 33.7 Å². The lowest BCUT2D eigenvalue weighted by molar-refractivity contribution is -0.117. The Kier molecular flexibility index (Phi) is 6.18. The van der Waals surface area contributed by atoms with E-state index in [4.69, 9.17) is 0 Å². The molecule has 1 aromatic carbocycles. The normalized spacial score (nSPS) is 11.2. The average molecular weight is 358 g/mol. The van der Waals surface area contributed by atoms with Crippen LogP contribution in [0, 0.1) is 11.2 Å². The molecule has 0 aliphatic heterocycles. The standard InChI is InChI=1S/C20H27FN4O/c1-20(2,3)12-18(26)23-16-10-11-17(24-19(16)25(4)5)22-13-14-6-8-15(21)9-7-14/h6-11H,12-13H2,1-5H3,(H,22,24)(H,23,26). The van der Waals surface area contributed by atoms with Gasteiger partial charge in [0.1, 0.15) is 11.6 Å². The first-order valence-electron chi connectivity index (χ1n) is 8.60. The number of halogens is 1. The second-order valence-electron chi connectivity index (χ2n) is 7.73. The van der Waals surface area contributed by atoms with Crippen molar-refractivity contribution >= 4 is 23.2 Å². The van der Waals surface area contributed by atoms with E-state index < -0.39 is 0 Å². The van der Waals surface area contributed by atoms with Crippen LogP contribution in [0.4, 0.5) is 21.7 Å². The van der Waals surface area contributed by atoms with Crippen molar-refractivity contribution in [3.05, 3.63) is 47.8 Å². The first-order valence-corrected chi connectivity index (χ1v) is 8.60. The van der Waals surface area contributed by atoms with E-state index in [1.165, 1.54) is 12.1 Å². The van der Waals surface area contributed by atoms with Gasteiger partial charge >= 0.3 is 0 Å². The number of aromatic nitrogens is 1. The first-order chi connectivity index (χ1) is 12.1. The number of anilines is 3. The van der Waals surface area contributed by atoms with Crippen molar-refractivity contribution in [3.8, 4) is 0 Å². The van der Waals surface area contributed by atoms with Crippen LogP contribution < -0.4 is 15.5 Å². The molecule has 0 aliphatic carbocycles. The number of benzene rings is 1. The Hall–Kier alpha value is -2.63. The Balaban J connectivity index is 2.09. The predicted octanol–water partition coefficient (Wildman–Crippen LogP) is 4.27. The van der Waals surface area contributed by atoms with E-state index in [9.17, 15) is 9.18 Å². The van der Waals surface area contributed by atoms with E-state index in [0.717, 1.165) is 5.56 Å². The summed E-state index contributed by atoms with van der Waals surface area (Å²) in [5, 5.41) is 6.16. The van der Waals surface area contributed by atoms with Gasteiger partial charge < -0.3 is 15.5 Å². The third-order valence-corrected chi connectivity index (χ3v) is 3.65. The molecule has 0 spiro atoms. The summed E-state index contributed by atoms with van der Waals surface area (Å²) in [5.41, 5.74) is 1.56. The fourth-order valence-electron chi connectivity index (χ4n) is 2.46. The maximum absolute atomic E-state index is 13.0. The van der Waals surface area contributed by atoms with Gasteiger partial charge in [0, 0.05) is 27.1 Å². The van der Waals surface area contributed by atoms with E-state index in [-0.39, 0.29) is 17.1 Å². The summed E-state index contributed by atoms with van der Waals surface area (Å²) in [6, 6.07) is 10.00. The smallest absolute Gasteiger partial charge is 0.224 e. The molecule has 140 valence electrons. The highest BCUT2D eigenvalue weighted by molar-refractivity contribution is 5.94. The molecule has 0 atom stereocenters. The lowest BCUT2D eigenvalue weighted by Gasteiger charge is -2.21. The fraction of sp³-hybridized carbons (Fsp3) is 0.400. The molecule has 0 fully saturated rings. The van der Waals surface area contributed by atoms with Crippen LogP contribution in [0.25, 0.3) is 0 Å². The first kappa shape index (κ1) is 19.7. The lowest BCUT2D eigenvalue weighted by Crippen LogP contribution is -2.22. The Bertz CT molecular complexity index is 751. The minimum absolute atomic E-state index is 0.0329. The highest BCUT2D eigenvalue weighted by atomic mass is 19.1. The van der Waals surface area contributed by atoms with E-state index in [1.807, 2.05) is 51.9 Å². The van der Waals surface area contributed by atoms with Crippen LogP contribution in [-0.2, 0) is 11.3 Å². The Labute approximate surface area is 154 Å². The second kappa shape index (κ2) is 8.17. The summed E-state index contributed by atoms with van der Waals surface area (Å²) in [5.74, 6) is 1.08. The molecule has 0 unspecified atom stereocenters. The largest absolute Gasteiger partial charge is 0.366 e. The van der Waals surface area contributed by atoms with Crippen molar-refractivity contribution < 1.29 is 9.18 Å². The van der Waals surface area contributed by atoms with E-state index in [0.29, 0.717) is 30.3 Å². The zero-order valence-corrected chi connectivity index (χ0v) is 16.1. The van der Waals surface area contributed by atoms with E-state index in [2.05, 4.69) is 15.6 Å². The molecule has 6 heteroatoms. The SMILES string of the molecule is CN(C)c1nc(NCc2ccc(F)cc2)ccc1NC(=O)CC(C)(C)C. The van der Waals surface area contributed by atoms with Gasteiger partial charge in [-0.05, 0) is 35.2 Å². The Morgan fingerprint density at radius 3 is 2.35 bits per heavy atom. The number of hydrogen-bond donors (Lipinski definition) is 2. The van der Waals surface area contributed by atoms with Crippen LogP contribution in [0.2, 0.25) is 0 Å². The molecule has 1 heterocycles. The van der Waals surface area contributed by atoms with Crippen LogP contribution >= 0.6 is 0 Å². The van der Waals surface area contributed by atoms with Crippen LogP contribution in [-0.4, -0.2) is 25.0 Å². The van der Waals surface area contributed by atoms with Gasteiger partial charge in [0.05, 0.1) is 5.69 Å². The van der Waals surface area contributed by atoms with Gasteiger partial charge in [0.2, 0.25) is 5.91 Å². The predicted molar refractivity (Wildman–Crippen MR) is 105 cm³/mol. The summed E-state index contributed by atoms with van der Waals surface area (Å²) >= 11 is 0. The molecule has 1 amide bonds. The molecule has 5 nitrogen and oxygen atoms in total. The van der Waals surface area contributed by atoms with Crippen molar-refractivity contribution in [2.24, 2.45) is 5.41 Å². The average Bonchev–Trinajstić information content (AvgIpc) is 2.53. The van der Waals surface area contributed by atoms with Gasteiger partial charge in [-0.2, -0.15) is 0 Å². The van der Waals surface area contributed by atoms with Gasteiger partial charge in [-0.25, -0.2) is 9.37 Å². The summed E-state index contributed by atoms with van der Waals surface area (Å²) in [6.07, 6.45) is 0.435. The third-order valence-electron chi connectivity index (χ3n) is 3.65. The minimum atomic E-state index is -0.253. The number of carbonyl (C=O) groups is 1. The molecule has 1 aromatic heterocycles. The van der Waals surface area contributed by atoms with Crippen LogP contribution in [0.3, 0.4) is 0 Å². The molecule has 26 heavy (non-hydrogen) atoms.